The number of hydrogen-bond donors (Lipinski definition) is 4. The maximum Gasteiger partial charge on any atom is 0.330 e. The van der Waals surface area contributed by atoms with Gasteiger partial charge in [0.1, 0.15) is 24.0 Å². The molecule has 12 nitrogen and oxygen atoms in total. The third-order valence-electron chi connectivity index (χ3n) is 4.73. The Morgan fingerprint density at radius 3 is 2.47 bits per heavy atom. The van der Waals surface area contributed by atoms with Gasteiger partial charge in [0.05, 0.1) is 19.3 Å². The number of nitrogens with zero attached hydrogens (tertiary/aromatic N) is 1. The van der Waals surface area contributed by atoms with Crippen LogP contribution in [0.3, 0.4) is 0 Å². The van der Waals surface area contributed by atoms with Crippen LogP contribution in [0, 0.1) is 11.8 Å². The number of carbonyl (C=O) groups excluding carboxylic acids is 1. The molecule has 38 heavy (non-hydrogen) atoms. The highest BCUT2D eigenvalue weighted by atomic mass is 32.5. The van der Waals surface area contributed by atoms with Gasteiger partial charge in [-0.25, -0.2) is 9.88 Å². The highest BCUT2D eigenvalue weighted by molar-refractivity contribution is 8.09. The van der Waals surface area contributed by atoms with Crippen molar-refractivity contribution in [2.24, 2.45) is 0 Å². The highest BCUT2D eigenvalue weighted by Gasteiger charge is 2.32. The van der Waals surface area contributed by atoms with E-state index in [4.69, 9.17) is 30.3 Å². The van der Waals surface area contributed by atoms with Crippen molar-refractivity contribution in [1.29, 1.82) is 0 Å². The minimum atomic E-state index is -3.48. The summed E-state index contributed by atoms with van der Waals surface area (Å²) in [4.78, 5) is 38.1. The highest BCUT2D eigenvalue weighted by Crippen LogP contribution is 2.45. The van der Waals surface area contributed by atoms with E-state index in [0.717, 1.165) is 16.8 Å². The standard InChI is InChI=1S/C24H32N3O9PS/c1-5-9-19(29)20(35-22(14-28)27-13-12-21(30)25-24(27)32)15-33-37(38,36-18-10-7-6-8-11-18)26-17(4)23(31)34-16(2)3/h6-8,10-13,16-17,19-20,22,28-29H,14-15H2,1-4H3,(H,26,38)(H,25,30,32)/t17?,19-,20?,22?,37?/m0/s1. The number of H-pyrrole nitrogens is 1. The van der Waals surface area contributed by atoms with E-state index in [-0.39, 0.29) is 6.10 Å². The smallest absolute Gasteiger partial charge is 0.330 e. The number of rotatable bonds is 14. The number of benzene rings is 1. The number of aliphatic hydroxyl groups is 2. The van der Waals surface area contributed by atoms with Gasteiger partial charge >= 0.3 is 18.3 Å². The second kappa shape index (κ2) is 14.9. The molecule has 4 N–H and O–H groups in total. The summed E-state index contributed by atoms with van der Waals surface area (Å²) in [6, 6.07) is 8.72. The molecule has 1 aromatic heterocycles. The van der Waals surface area contributed by atoms with Crippen molar-refractivity contribution >= 4 is 24.4 Å². The molecule has 0 radical (unpaired) electrons. The first-order valence-corrected chi connectivity index (χ1v) is 14.3. The van der Waals surface area contributed by atoms with Crippen molar-refractivity contribution in [3.8, 4) is 17.6 Å². The van der Waals surface area contributed by atoms with Crippen LogP contribution in [0.4, 0.5) is 0 Å². The lowest BCUT2D eigenvalue weighted by atomic mass is 10.2. The molecule has 0 aliphatic heterocycles. The predicted octanol–water partition coefficient (Wildman–Crippen LogP) is 1.05. The summed E-state index contributed by atoms with van der Waals surface area (Å²) < 4.78 is 23.8. The lowest BCUT2D eigenvalue weighted by Crippen LogP contribution is -2.41. The Kier molecular flexibility index (Phi) is 12.3. The van der Waals surface area contributed by atoms with E-state index in [9.17, 15) is 24.6 Å². The predicted molar refractivity (Wildman–Crippen MR) is 143 cm³/mol. The van der Waals surface area contributed by atoms with Crippen molar-refractivity contribution < 1.29 is 33.5 Å². The zero-order valence-electron chi connectivity index (χ0n) is 21.4. The summed E-state index contributed by atoms with van der Waals surface area (Å²) in [6.45, 7) is 1.89. The van der Waals surface area contributed by atoms with E-state index in [1.54, 1.807) is 51.1 Å². The molecule has 2 aromatic rings. The first-order valence-electron chi connectivity index (χ1n) is 11.6. The van der Waals surface area contributed by atoms with E-state index in [0.29, 0.717) is 5.75 Å². The number of aromatic nitrogens is 2. The maximum atomic E-state index is 12.4. The van der Waals surface area contributed by atoms with E-state index >= 15 is 0 Å². The first kappa shape index (κ1) is 31.4. The molecule has 1 aromatic carbocycles. The topological polar surface area (TPSA) is 161 Å². The molecule has 0 saturated heterocycles. The van der Waals surface area contributed by atoms with Gasteiger partial charge in [-0.1, -0.05) is 24.1 Å². The van der Waals surface area contributed by atoms with Crippen LogP contribution in [0.2, 0.25) is 0 Å². The fraction of sp³-hybridized carbons (Fsp3) is 0.458. The van der Waals surface area contributed by atoms with Crippen LogP contribution >= 0.6 is 6.64 Å². The Bertz CT molecular complexity index is 1270. The van der Waals surface area contributed by atoms with Crippen molar-refractivity contribution in [3.05, 3.63) is 63.4 Å². The molecule has 5 atom stereocenters. The van der Waals surface area contributed by atoms with Crippen LogP contribution in [0.5, 0.6) is 5.75 Å². The summed E-state index contributed by atoms with van der Waals surface area (Å²) in [7, 11) is 0. The van der Waals surface area contributed by atoms with Gasteiger partial charge in [-0.3, -0.25) is 19.1 Å². The number of hydrogen-bond acceptors (Lipinski definition) is 10. The molecule has 0 aliphatic carbocycles. The maximum absolute atomic E-state index is 12.4. The Morgan fingerprint density at radius 1 is 1.21 bits per heavy atom. The third kappa shape index (κ3) is 9.81. The molecular formula is C24H32N3O9PS. The van der Waals surface area contributed by atoms with E-state index < -0.39 is 61.6 Å². The van der Waals surface area contributed by atoms with Gasteiger partial charge in [-0.15, -0.1) is 5.92 Å². The second-order valence-corrected chi connectivity index (χ2v) is 11.3. The monoisotopic (exact) mass is 569 g/mol. The number of ether oxygens (including phenoxy) is 2. The van der Waals surface area contributed by atoms with Crippen molar-refractivity contribution in [2.45, 2.75) is 58.3 Å². The van der Waals surface area contributed by atoms with Crippen molar-refractivity contribution in [1.82, 2.24) is 14.6 Å². The molecule has 0 fully saturated rings. The number of aliphatic hydroxyl groups excluding tert-OH is 2. The van der Waals surface area contributed by atoms with E-state index in [2.05, 4.69) is 21.9 Å². The van der Waals surface area contributed by atoms with Crippen LogP contribution in [0.15, 0.2) is 52.2 Å². The molecule has 1 heterocycles. The van der Waals surface area contributed by atoms with Crippen LogP contribution < -0.4 is 20.9 Å². The molecule has 4 unspecified atom stereocenters. The Labute approximate surface area is 225 Å². The molecule has 2 rings (SSSR count). The van der Waals surface area contributed by atoms with E-state index in [1.165, 1.54) is 6.92 Å². The average Bonchev–Trinajstić information content (AvgIpc) is 2.85. The number of carbonyl (C=O) groups is 1. The quantitative estimate of drug-likeness (QED) is 0.146. The molecule has 0 bridgehead atoms. The van der Waals surface area contributed by atoms with Crippen LogP contribution in [0.1, 0.15) is 33.9 Å². The SMILES string of the molecule is CC#C[C@H](O)C(COP(=S)(NC(C)C(=O)OC(C)C)Oc1ccccc1)OC(CO)n1ccc(=O)[nH]c1=O. The summed E-state index contributed by atoms with van der Waals surface area (Å²) in [5, 5.41) is 23.4. The number of aromatic amines is 1. The molecule has 0 spiro atoms. The number of nitrogens with one attached hydrogen (secondary N) is 2. The Hall–Kier alpha value is -2.82. The lowest BCUT2D eigenvalue weighted by Gasteiger charge is -2.30. The molecule has 14 heteroatoms. The Balaban J connectivity index is 2.31. The molecular weight excluding hydrogens is 537 g/mol. The molecule has 208 valence electrons. The summed E-state index contributed by atoms with van der Waals surface area (Å²) in [5.41, 5.74) is -1.46. The van der Waals surface area contributed by atoms with Gasteiger partial charge in [0.15, 0.2) is 6.23 Å². The van der Waals surface area contributed by atoms with E-state index in [1.807, 2.05) is 0 Å². The van der Waals surface area contributed by atoms with Gasteiger partial charge in [-0.05, 0) is 51.6 Å². The summed E-state index contributed by atoms with van der Waals surface area (Å²) in [6.07, 6.45) is -3.17. The van der Waals surface area contributed by atoms with Crippen LogP contribution in [0.25, 0.3) is 0 Å². The number of para-hydroxylation sites is 1. The zero-order chi connectivity index (χ0) is 28.3. The average molecular weight is 570 g/mol. The van der Waals surface area contributed by atoms with Crippen molar-refractivity contribution in [3.63, 3.8) is 0 Å². The van der Waals surface area contributed by atoms with Crippen LogP contribution in [-0.2, 0) is 30.6 Å². The lowest BCUT2D eigenvalue weighted by molar-refractivity contribution is -0.149. The van der Waals surface area contributed by atoms with Gasteiger partial charge in [0.2, 0.25) is 0 Å². The molecule has 0 aliphatic rings. The second-order valence-electron chi connectivity index (χ2n) is 8.20. The fourth-order valence-corrected chi connectivity index (χ4v) is 5.42. The van der Waals surface area contributed by atoms with Gasteiger partial charge in [-0.2, -0.15) is 0 Å². The molecule has 0 saturated carbocycles. The minimum absolute atomic E-state index is 0.354. The van der Waals surface area contributed by atoms with Gasteiger partial charge in [0, 0.05) is 12.3 Å². The summed E-state index contributed by atoms with van der Waals surface area (Å²) >= 11 is 5.66. The van der Waals surface area contributed by atoms with Gasteiger partial charge in [0.25, 0.3) is 5.56 Å². The molecule has 0 amide bonds. The first-order chi connectivity index (χ1) is 18.0. The third-order valence-corrected chi connectivity index (χ3v) is 7.23. The Morgan fingerprint density at radius 2 is 1.89 bits per heavy atom. The fourth-order valence-electron chi connectivity index (χ4n) is 3.00. The number of esters is 1. The minimum Gasteiger partial charge on any atom is -0.462 e. The normalized spacial score (nSPS) is 15.9. The summed E-state index contributed by atoms with van der Waals surface area (Å²) in [5.74, 6) is 4.89. The van der Waals surface area contributed by atoms with Gasteiger partial charge < -0.3 is 28.7 Å². The largest absolute Gasteiger partial charge is 0.462 e. The van der Waals surface area contributed by atoms with Crippen molar-refractivity contribution in [2.75, 3.05) is 13.2 Å². The zero-order valence-corrected chi connectivity index (χ0v) is 23.1. The van der Waals surface area contributed by atoms with Crippen LogP contribution in [-0.4, -0.2) is 63.3 Å².